The van der Waals surface area contributed by atoms with Gasteiger partial charge in [-0.25, -0.2) is 0 Å². The van der Waals surface area contributed by atoms with Crippen LogP contribution < -0.4 is 5.32 Å². The Morgan fingerprint density at radius 2 is 2.09 bits per heavy atom. The maximum absolute atomic E-state index is 12.5. The topological polar surface area (TPSA) is 52.6 Å². The zero-order valence-electron chi connectivity index (χ0n) is 14.0. The first-order valence-corrected chi connectivity index (χ1v) is 8.72. The van der Waals surface area contributed by atoms with Gasteiger partial charge in [0.1, 0.15) is 0 Å². The van der Waals surface area contributed by atoms with E-state index < -0.39 is 5.41 Å². The standard InChI is InChI=1S/C18H27ClN2O2/c1-18(2,14-5-3-6-15(19)13-14)17(23)20-9-4-10-21-11-7-16(22)8-12-21/h3,5-6,13,16,22H,4,7-12H2,1-2H3,(H,20,23). The second-order valence-electron chi connectivity index (χ2n) is 6.82. The van der Waals surface area contributed by atoms with Crippen LogP contribution in [0, 0.1) is 0 Å². The van der Waals surface area contributed by atoms with Gasteiger partial charge < -0.3 is 15.3 Å². The first-order chi connectivity index (χ1) is 10.9. The molecule has 0 atom stereocenters. The van der Waals surface area contributed by atoms with Crippen LogP contribution >= 0.6 is 11.6 Å². The van der Waals surface area contributed by atoms with Crippen LogP contribution in [0.25, 0.3) is 0 Å². The monoisotopic (exact) mass is 338 g/mol. The van der Waals surface area contributed by atoms with E-state index >= 15 is 0 Å². The Labute approximate surface area is 143 Å². The number of carbonyl (C=O) groups is 1. The van der Waals surface area contributed by atoms with Crippen LogP contribution in [0.4, 0.5) is 0 Å². The summed E-state index contributed by atoms with van der Waals surface area (Å²) in [5.41, 5.74) is 0.327. The predicted octanol–water partition coefficient (Wildman–Crippen LogP) is 2.58. The summed E-state index contributed by atoms with van der Waals surface area (Å²) in [4.78, 5) is 14.8. The van der Waals surface area contributed by atoms with E-state index in [2.05, 4.69) is 10.2 Å². The molecule has 0 saturated carbocycles. The first-order valence-electron chi connectivity index (χ1n) is 8.34. The van der Waals surface area contributed by atoms with E-state index in [-0.39, 0.29) is 12.0 Å². The molecule has 1 heterocycles. The molecule has 0 radical (unpaired) electrons. The Morgan fingerprint density at radius 1 is 1.39 bits per heavy atom. The number of piperidine rings is 1. The second kappa shape index (κ2) is 8.13. The van der Waals surface area contributed by atoms with Crippen molar-refractivity contribution in [1.29, 1.82) is 0 Å². The highest BCUT2D eigenvalue weighted by atomic mass is 35.5. The summed E-state index contributed by atoms with van der Waals surface area (Å²) in [5, 5.41) is 13.2. The Bertz CT molecular complexity index is 526. The molecule has 2 rings (SSSR count). The van der Waals surface area contributed by atoms with Crippen LogP contribution in [0.15, 0.2) is 24.3 Å². The van der Waals surface area contributed by atoms with E-state index in [9.17, 15) is 9.90 Å². The van der Waals surface area contributed by atoms with Gasteiger partial charge in [0.2, 0.25) is 5.91 Å². The van der Waals surface area contributed by atoms with Crippen LogP contribution in [0.3, 0.4) is 0 Å². The number of hydrogen-bond acceptors (Lipinski definition) is 3. The largest absolute Gasteiger partial charge is 0.393 e. The van der Waals surface area contributed by atoms with Crippen molar-refractivity contribution < 1.29 is 9.90 Å². The molecule has 128 valence electrons. The van der Waals surface area contributed by atoms with Crippen LogP contribution in [0.1, 0.15) is 38.7 Å². The molecule has 5 heteroatoms. The Hall–Kier alpha value is -1.10. The van der Waals surface area contributed by atoms with Crippen LogP contribution in [0.5, 0.6) is 0 Å². The number of aliphatic hydroxyl groups excluding tert-OH is 1. The third kappa shape index (κ3) is 5.20. The summed E-state index contributed by atoms with van der Waals surface area (Å²) in [5.74, 6) is 0.0221. The number of rotatable bonds is 6. The number of halogens is 1. The molecule has 4 nitrogen and oxygen atoms in total. The summed E-state index contributed by atoms with van der Waals surface area (Å²) in [6, 6.07) is 7.47. The molecular formula is C18H27ClN2O2. The van der Waals surface area contributed by atoms with Crippen molar-refractivity contribution in [3.05, 3.63) is 34.9 Å². The zero-order valence-corrected chi connectivity index (χ0v) is 14.8. The summed E-state index contributed by atoms with van der Waals surface area (Å²) in [6.07, 6.45) is 2.50. The molecule has 0 aromatic heterocycles. The minimum absolute atomic E-state index is 0.0221. The molecule has 1 aliphatic heterocycles. The van der Waals surface area contributed by atoms with Crippen molar-refractivity contribution >= 4 is 17.5 Å². The minimum atomic E-state index is -0.597. The molecule has 1 aromatic rings. The summed E-state index contributed by atoms with van der Waals surface area (Å²) in [6.45, 7) is 7.36. The molecular weight excluding hydrogens is 312 g/mol. The minimum Gasteiger partial charge on any atom is -0.393 e. The number of likely N-dealkylation sites (tertiary alicyclic amines) is 1. The number of nitrogens with zero attached hydrogens (tertiary/aromatic N) is 1. The van der Waals surface area contributed by atoms with Crippen molar-refractivity contribution in [2.75, 3.05) is 26.2 Å². The molecule has 1 aliphatic rings. The van der Waals surface area contributed by atoms with Crippen LogP contribution in [-0.2, 0) is 10.2 Å². The smallest absolute Gasteiger partial charge is 0.230 e. The highest BCUT2D eigenvalue weighted by Gasteiger charge is 2.29. The van der Waals surface area contributed by atoms with Crippen molar-refractivity contribution in [2.24, 2.45) is 0 Å². The Kier molecular flexibility index (Phi) is 6.45. The van der Waals surface area contributed by atoms with Gasteiger partial charge in [-0.15, -0.1) is 0 Å². The highest BCUT2D eigenvalue weighted by Crippen LogP contribution is 2.25. The average Bonchev–Trinajstić information content (AvgIpc) is 2.53. The van der Waals surface area contributed by atoms with Gasteiger partial charge in [-0.1, -0.05) is 23.7 Å². The van der Waals surface area contributed by atoms with Gasteiger partial charge in [0.25, 0.3) is 0 Å². The van der Waals surface area contributed by atoms with Crippen LogP contribution in [0.2, 0.25) is 5.02 Å². The molecule has 0 spiro atoms. The molecule has 0 unspecified atom stereocenters. The zero-order chi connectivity index (χ0) is 16.9. The molecule has 1 saturated heterocycles. The lowest BCUT2D eigenvalue weighted by Crippen LogP contribution is -2.42. The third-order valence-electron chi connectivity index (χ3n) is 4.61. The lowest BCUT2D eigenvalue weighted by atomic mass is 9.84. The van der Waals surface area contributed by atoms with E-state index in [1.807, 2.05) is 38.1 Å². The van der Waals surface area contributed by atoms with E-state index in [0.717, 1.165) is 44.5 Å². The average molecular weight is 339 g/mol. The number of nitrogens with one attached hydrogen (secondary N) is 1. The van der Waals surface area contributed by atoms with Gasteiger partial charge in [-0.3, -0.25) is 4.79 Å². The maximum atomic E-state index is 12.5. The normalized spacial score (nSPS) is 17.2. The molecule has 23 heavy (non-hydrogen) atoms. The second-order valence-corrected chi connectivity index (χ2v) is 7.25. The number of hydrogen-bond donors (Lipinski definition) is 2. The van der Waals surface area contributed by atoms with Crippen molar-refractivity contribution in [2.45, 2.75) is 44.6 Å². The quantitative estimate of drug-likeness (QED) is 0.784. The predicted molar refractivity (Wildman–Crippen MR) is 93.8 cm³/mol. The van der Waals surface area contributed by atoms with E-state index in [4.69, 9.17) is 11.6 Å². The summed E-state index contributed by atoms with van der Waals surface area (Å²) >= 11 is 6.02. The highest BCUT2D eigenvalue weighted by molar-refractivity contribution is 6.30. The number of carbonyl (C=O) groups excluding carboxylic acids is 1. The molecule has 0 aliphatic carbocycles. The lowest BCUT2D eigenvalue weighted by molar-refractivity contribution is -0.125. The molecule has 2 N–H and O–H groups in total. The van der Waals surface area contributed by atoms with Crippen molar-refractivity contribution in [3.63, 3.8) is 0 Å². The van der Waals surface area contributed by atoms with Crippen molar-refractivity contribution in [3.8, 4) is 0 Å². The first kappa shape index (κ1) is 18.2. The van der Waals surface area contributed by atoms with Gasteiger partial charge in [0.15, 0.2) is 0 Å². The maximum Gasteiger partial charge on any atom is 0.230 e. The Morgan fingerprint density at radius 3 is 2.74 bits per heavy atom. The van der Waals surface area contributed by atoms with E-state index in [1.54, 1.807) is 0 Å². The fourth-order valence-corrected chi connectivity index (χ4v) is 3.07. The van der Waals surface area contributed by atoms with Gasteiger partial charge in [-0.2, -0.15) is 0 Å². The van der Waals surface area contributed by atoms with Gasteiger partial charge in [0.05, 0.1) is 11.5 Å². The molecule has 0 bridgehead atoms. The fourth-order valence-electron chi connectivity index (χ4n) is 2.88. The van der Waals surface area contributed by atoms with Gasteiger partial charge in [-0.05, 0) is 57.4 Å². The number of aliphatic hydroxyl groups is 1. The van der Waals surface area contributed by atoms with E-state index in [1.165, 1.54) is 0 Å². The molecule has 1 aromatic carbocycles. The third-order valence-corrected chi connectivity index (χ3v) is 4.84. The van der Waals surface area contributed by atoms with Crippen molar-refractivity contribution in [1.82, 2.24) is 10.2 Å². The van der Waals surface area contributed by atoms with Gasteiger partial charge >= 0.3 is 0 Å². The number of benzene rings is 1. The lowest BCUT2D eigenvalue weighted by Gasteiger charge is -2.29. The molecule has 1 fully saturated rings. The summed E-state index contributed by atoms with van der Waals surface area (Å²) in [7, 11) is 0. The van der Waals surface area contributed by atoms with Gasteiger partial charge in [0, 0.05) is 24.7 Å². The Balaban J connectivity index is 1.75. The van der Waals surface area contributed by atoms with E-state index in [0.29, 0.717) is 11.6 Å². The SMILES string of the molecule is CC(C)(C(=O)NCCCN1CCC(O)CC1)c1cccc(Cl)c1. The van der Waals surface area contributed by atoms with Crippen LogP contribution in [-0.4, -0.2) is 48.2 Å². The molecule has 1 amide bonds. The number of amides is 1. The summed E-state index contributed by atoms with van der Waals surface area (Å²) < 4.78 is 0. The fraction of sp³-hybridized carbons (Fsp3) is 0.611.